The first-order valence-electron chi connectivity index (χ1n) is 5.48. The van der Waals surface area contributed by atoms with Gasteiger partial charge in [0.05, 0.1) is 0 Å². The first kappa shape index (κ1) is 11.5. The van der Waals surface area contributed by atoms with Gasteiger partial charge in [-0.3, -0.25) is 4.79 Å². The summed E-state index contributed by atoms with van der Waals surface area (Å²) in [5.74, 6) is 0.187. The number of hydrogen-bond donors (Lipinski definition) is 1. The molecule has 1 unspecified atom stereocenters. The molecular weight excluding hydrogens is 228 g/mol. The number of hydrogen-bond acceptors (Lipinski definition) is 3. The van der Waals surface area contributed by atoms with Crippen LogP contribution in [0.25, 0.3) is 0 Å². The van der Waals surface area contributed by atoms with Gasteiger partial charge in [-0.2, -0.15) is 0 Å². The zero-order valence-electron chi connectivity index (χ0n) is 8.99. The maximum atomic E-state index is 12.1. The van der Waals surface area contributed by atoms with Crippen molar-refractivity contribution >= 4 is 17.5 Å². The van der Waals surface area contributed by atoms with Crippen molar-refractivity contribution in [1.82, 2.24) is 4.90 Å². The molecule has 0 spiro atoms. The molecule has 2 heterocycles. The topological polar surface area (TPSA) is 59.5 Å². The van der Waals surface area contributed by atoms with E-state index in [4.69, 9.17) is 21.8 Å². The number of nitrogens with zero attached hydrogens (tertiary/aromatic N) is 1. The molecule has 0 bridgehead atoms. The van der Waals surface area contributed by atoms with Gasteiger partial charge in [-0.15, -0.1) is 0 Å². The summed E-state index contributed by atoms with van der Waals surface area (Å²) in [6.45, 7) is 1.25. The molecule has 1 aliphatic heterocycles. The molecule has 0 aliphatic carbocycles. The second-order valence-electron chi connectivity index (χ2n) is 3.99. The average Bonchev–Trinajstić information content (AvgIpc) is 2.75. The normalized spacial score (nSPS) is 21.1. The summed E-state index contributed by atoms with van der Waals surface area (Å²) in [6, 6.07) is 3.31. The highest BCUT2D eigenvalue weighted by Gasteiger charge is 2.28. The molecule has 0 radical (unpaired) electrons. The summed E-state index contributed by atoms with van der Waals surface area (Å²) in [4.78, 5) is 13.9. The van der Waals surface area contributed by atoms with Crippen molar-refractivity contribution < 1.29 is 9.21 Å². The molecule has 1 amide bonds. The van der Waals surface area contributed by atoms with Crippen LogP contribution in [-0.2, 0) is 0 Å². The molecule has 5 heteroatoms. The van der Waals surface area contributed by atoms with Crippen molar-refractivity contribution in [3.8, 4) is 0 Å². The van der Waals surface area contributed by atoms with Crippen LogP contribution in [0.2, 0.25) is 5.22 Å². The van der Waals surface area contributed by atoms with Crippen molar-refractivity contribution in [1.29, 1.82) is 0 Å². The maximum absolute atomic E-state index is 12.1. The van der Waals surface area contributed by atoms with E-state index in [9.17, 15) is 4.79 Å². The highest BCUT2D eigenvalue weighted by atomic mass is 35.5. The molecule has 0 aromatic carbocycles. The predicted molar refractivity (Wildman–Crippen MR) is 61.4 cm³/mol. The van der Waals surface area contributed by atoms with Gasteiger partial charge in [0.1, 0.15) is 0 Å². The minimum atomic E-state index is -0.109. The molecule has 4 nitrogen and oxygen atoms in total. The third-order valence-corrected chi connectivity index (χ3v) is 3.15. The molecule has 2 N–H and O–H groups in total. The van der Waals surface area contributed by atoms with E-state index in [0.717, 1.165) is 25.8 Å². The van der Waals surface area contributed by atoms with Crippen LogP contribution >= 0.6 is 11.6 Å². The lowest BCUT2D eigenvalue weighted by Crippen LogP contribution is -2.47. The number of carbonyl (C=O) groups excluding carboxylic acids is 1. The molecule has 1 aromatic heterocycles. The lowest BCUT2D eigenvalue weighted by molar-refractivity contribution is 0.0591. The van der Waals surface area contributed by atoms with Crippen LogP contribution in [0.1, 0.15) is 29.8 Å². The van der Waals surface area contributed by atoms with E-state index in [2.05, 4.69) is 0 Å². The van der Waals surface area contributed by atoms with Gasteiger partial charge in [0.25, 0.3) is 5.91 Å². The van der Waals surface area contributed by atoms with Gasteiger partial charge in [0, 0.05) is 19.1 Å². The van der Waals surface area contributed by atoms with Crippen molar-refractivity contribution in [2.45, 2.75) is 25.3 Å². The minimum Gasteiger partial charge on any atom is -0.440 e. The molecule has 1 fully saturated rings. The molecule has 1 aliphatic rings. The second kappa shape index (κ2) is 4.89. The van der Waals surface area contributed by atoms with Crippen LogP contribution in [-0.4, -0.2) is 29.9 Å². The molecule has 2 rings (SSSR count). The van der Waals surface area contributed by atoms with Gasteiger partial charge in [-0.25, -0.2) is 0 Å². The largest absolute Gasteiger partial charge is 0.440 e. The zero-order chi connectivity index (χ0) is 11.5. The van der Waals surface area contributed by atoms with E-state index in [1.807, 2.05) is 0 Å². The predicted octanol–water partition coefficient (Wildman–Crippen LogP) is 1.89. The van der Waals surface area contributed by atoms with Crippen molar-refractivity contribution in [2.75, 3.05) is 13.1 Å². The number of carbonyl (C=O) groups is 1. The Bertz CT molecular complexity index is 378. The number of halogens is 1. The fourth-order valence-corrected chi connectivity index (χ4v) is 2.23. The third-order valence-electron chi connectivity index (χ3n) is 2.94. The maximum Gasteiger partial charge on any atom is 0.289 e. The standard InChI is InChI=1S/C11H15ClN2O2/c12-10-5-4-9(16-10)11(15)14-6-2-1-3-8(14)7-13/h4-5,8H,1-3,6-7,13H2. The zero-order valence-corrected chi connectivity index (χ0v) is 9.74. The van der Waals surface area contributed by atoms with E-state index in [1.165, 1.54) is 0 Å². The van der Waals surface area contributed by atoms with E-state index in [-0.39, 0.29) is 17.2 Å². The lowest BCUT2D eigenvalue weighted by atomic mass is 10.0. The summed E-state index contributed by atoms with van der Waals surface area (Å²) in [6.07, 6.45) is 3.12. The van der Waals surface area contributed by atoms with Crippen LogP contribution in [0.5, 0.6) is 0 Å². The molecule has 0 saturated carbocycles. The Labute approximate surface area is 99.3 Å². The molecule has 1 aromatic rings. The Hall–Kier alpha value is -1.00. The SMILES string of the molecule is NCC1CCCCN1C(=O)c1ccc(Cl)o1. The van der Waals surface area contributed by atoms with E-state index >= 15 is 0 Å². The van der Waals surface area contributed by atoms with Gasteiger partial charge in [0.15, 0.2) is 11.0 Å². The molecule has 88 valence electrons. The number of likely N-dealkylation sites (tertiary alicyclic amines) is 1. The summed E-state index contributed by atoms with van der Waals surface area (Å²) < 4.78 is 5.12. The highest BCUT2D eigenvalue weighted by molar-refractivity contribution is 6.29. The van der Waals surface area contributed by atoms with E-state index in [0.29, 0.717) is 12.3 Å². The Balaban J connectivity index is 2.13. The van der Waals surface area contributed by atoms with Crippen LogP contribution in [0.15, 0.2) is 16.5 Å². The van der Waals surface area contributed by atoms with Crippen LogP contribution in [0.4, 0.5) is 0 Å². The van der Waals surface area contributed by atoms with Gasteiger partial charge in [0.2, 0.25) is 0 Å². The van der Waals surface area contributed by atoms with Crippen molar-refractivity contribution in [2.24, 2.45) is 5.73 Å². The average molecular weight is 243 g/mol. The van der Waals surface area contributed by atoms with Gasteiger partial charge in [-0.1, -0.05) is 0 Å². The summed E-state index contributed by atoms with van der Waals surface area (Å²) in [7, 11) is 0. The third kappa shape index (κ3) is 2.23. The van der Waals surface area contributed by atoms with E-state index in [1.54, 1.807) is 17.0 Å². The number of furan rings is 1. The lowest BCUT2D eigenvalue weighted by Gasteiger charge is -2.34. The van der Waals surface area contributed by atoms with Crippen molar-refractivity contribution in [3.63, 3.8) is 0 Å². The monoisotopic (exact) mass is 242 g/mol. The number of rotatable bonds is 2. The number of piperidine rings is 1. The first-order valence-corrected chi connectivity index (χ1v) is 5.86. The Morgan fingerprint density at radius 2 is 2.38 bits per heavy atom. The van der Waals surface area contributed by atoms with Crippen LogP contribution in [0, 0.1) is 0 Å². The second-order valence-corrected chi connectivity index (χ2v) is 4.36. The van der Waals surface area contributed by atoms with Gasteiger partial charge in [-0.05, 0) is 43.0 Å². The van der Waals surface area contributed by atoms with Crippen LogP contribution in [0.3, 0.4) is 0 Å². The highest BCUT2D eigenvalue weighted by Crippen LogP contribution is 2.21. The van der Waals surface area contributed by atoms with Gasteiger partial charge >= 0.3 is 0 Å². The Morgan fingerprint density at radius 1 is 1.56 bits per heavy atom. The summed E-state index contributed by atoms with van der Waals surface area (Å²) >= 11 is 5.65. The fraction of sp³-hybridized carbons (Fsp3) is 0.545. The van der Waals surface area contributed by atoms with Gasteiger partial charge < -0.3 is 15.1 Å². The quantitative estimate of drug-likeness (QED) is 0.862. The number of nitrogens with two attached hydrogens (primary N) is 1. The molecule has 1 atom stereocenters. The minimum absolute atomic E-state index is 0.109. The molecular formula is C11H15ClN2O2. The Kier molecular flexibility index (Phi) is 3.51. The van der Waals surface area contributed by atoms with Crippen molar-refractivity contribution in [3.05, 3.63) is 23.1 Å². The Morgan fingerprint density at radius 3 is 3.00 bits per heavy atom. The first-order chi connectivity index (χ1) is 7.72. The number of amides is 1. The summed E-state index contributed by atoms with van der Waals surface area (Å²) in [5, 5.41) is 0.240. The fourth-order valence-electron chi connectivity index (χ4n) is 2.08. The van der Waals surface area contributed by atoms with Crippen LogP contribution < -0.4 is 5.73 Å². The van der Waals surface area contributed by atoms with E-state index < -0.39 is 0 Å². The summed E-state index contributed by atoms with van der Waals surface area (Å²) in [5.41, 5.74) is 5.66. The molecule has 1 saturated heterocycles. The molecule has 16 heavy (non-hydrogen) atoms. The smallest absolute Gasteiger partial charge is 0.289 e.